The lowest BCUT2D eigenvalue weighted by atomic mass is 10.2. The van der Waals surface area contributed by atoms with E-state index >= 15 is 0 Å². The Morgan fingerprint density at radius 3 is 2.64 bits per heavy atom. The zero-order chi connectivity index (χ0) is 17.1. The standard InChI is InChI=1S/C19H17N3O3/c1-23-13-6-8-14(9-7-13)24-11-10-20-19-18-17(21-12-22-19)15-4-2-3-5-16(15)25-18/h2-9,12H,10-11H2,1H3,(H,20,21,22). The van der Waals surface area contributed by atoms with Gasteiger partial charge in [0.15, 0.2) is 11.4 Å². The van der Waals surface area contributed by atoms with Crippen molar-refractivity contribution in [3.05, 3.63) is 54.9 Å². The Balaban J connectivity index is 1.44. The number of aromatic nitrogens is 2. The summed E-state index contributed by atoms with van der Waals surface area (Å²) in [5, 5.41) is 4.23. The summed E-state index contributed by atoms with van der Waals surface area (Å²) >= 11 is 0. The lowest BCUT2D eigenvalue weighted by molar-refractivity contribution is 0.331. The summed E-state index contributed by atoms with van der Waals surface area (Å²) in [7, 11) is 1.64. The Bertz CT molecular complexity index is 996. The van der Waals surface area contributed by atoms with E-state index < -0.39 is 0 Å². The molecule has 2 aromatic heterocycles. The first kappa shape index (κ1) is 15.3. The summed E-state index contributed by atoms with van der Waals surface area (Å²) < 4.78 is 16.7. The van der Waals surface area contributed by atoms with Crippen molar-refractivity contribution in [1.82, 2.24) is 9.97 Å². The highest BCUT2D eigenvalue weighted by molar-refractivity contribution is 6.05. The van der Waals surface area contributed by atoms with Crippen LogP contribution < -0.4 is 14.8 Å². The smallest absolute Gasteiger partial charge is 0.196 e. The van der Waals surface area contributed by atoms with Crippen molar-refractivity contribution in [2.45, 2.75) is 0 Å². The molecule has 0 saturated carbocycles. The van der Waals surface area contributed by atoms with Crippen LogP contribution in [0.3, 0.4) is 0 Å². The molecular formula is C19H17N3O3. The van der Waals surface area contributed by atoms with Gasteiger partial charge in [0.1, 0.15) is 35.5 Å². The first-order chi connectivity index (χ1) is 12.3. The fourth-order valence-electron chi connectivity index (χ4n) is 2.66. The lowest BCUT2D eigenvalue weighted by Gasteiger charge is -2.08. The maximum Gasteiger partial charge on any atom is 0.196 e. The highest BCUT2D eigenvalue weighted by Crippen LogP contribution is 2.30. The average Bonchev–Trinajstić information content (AvgIpc) is 3.05. The number of methoxy groups -OCH3 is 1. The average molecular weight is 335 g/mol. The van der Waals surface area contributed by atoms with Crippen LogP contribution in [0.4, 0.5) is 5.82 Å². The molecule has 25 heavy (non-hydrogen) atoms. The second kappa shape index (κ2) is 6.68. The van der Waals surface area contributed by atoms with Crippen LogP contribution in [-0.2, 0) is 0 Å². The molecule has 0 aliphatic rings. The molecule has 2 aromatic carbocycles. The van der Waals surface area contributed by atoms with E-state index in [4.69, 9.17) is 13.9 Å². The van der Waals surface area contributed by atoms with Gasteiger partial charge in [0.2, 0.25) is 0 Å². The zero-order valence-electron chi connectivity index (χ0n) is 13.7. The predicted molar refractivity (Wildman–Crippen MR) is 96.3 cm³/mol. The van der Waals surface area contributed by atoms with Gasteiger partial charge in [-0.05, 0) is 36.4 Å². The van der Waals surface area contributed by atoms with Gasteiger partial charge in [-0.25, -0.2) is 9.97 Å². The summed E-state index contributed by atoms with van der Waals surface area (Å²) in [5.41, 5.74) is 2.27. The van der Waals surface area contributed by atoms with Gasteiger partial charge in [-0.2, -0.15) is 0 Å². The molecule has 4 aromatic rings. The van der Waals surface area contributed by atoms with Crippen LogP contribution >= 0.6 is 0 Å². The minimum Gasteiger partial charge on any atom is -0.497 e. The molecule has 0 spiro atoms. The fraction of sp³-hybridized carbons (Fsp3) is 0.158. The van der Waals surface area contributed by atoms with E-state index in [0.29, 0.717) is 24.6 Å². The van der Waals surface area contributed by atoms with Crippen molar-refractivity contribution < 1.29 is 13.9 Å². The number of ether oxygens (including phenoxy) is 2. The summed E-state index contributed by atoms with van der Waals surface area (Å²) in [6.07, 6.45) is 1.54. The van der Waals surface area contributed by atoms with E-state index in [0.717, 1.165) is 28.0 Å². The third-order valence-corrected chi connectivity index (χ3v) is 3.88. The molecule has 4 rings (SSSR count). The number of furan rings is 1. The third kappa shape index (κ3) is 3.06. The summed E-state index contributed by atoms with van der Waals surface area (Å²) in [6, 6.07) is 15.3. The Kier molecular flexibility index (Phi) is 4.08. The van der Waals surface area contributed by atoms with Gasteiger partial charge in [-0.15, -0.1) is 0 Å². The Morgan fingerprint density at radius 2 is 1.80 bits per heavy atom. The van der Waals surface area contributed by atoms with E-state index in [1.165, 1.54) is 6.33 Å². The molecular weight excluding hydrogens is 318 g/mol. The van der Waals surface area contributed by atoms with Crippen LogP contribution in [0.15, 0.2) is 59.3 Å². The predicted octanol–water partition coefficient (Wildman–Crippen LogP) is 3.88. The maximum atomic E-state index is 5.88. The molecule has 6 nitrogen and oxygen atoms in total. The minimum absolute atomic E-state index is 0.498. The molecule has 0 aliphatic heterocycles. The van der Waals surface area contributed by atoms with Crippen molar-refractivity contribution in [1.29, 1.82) is 0 Å². The van der Waals surface area contributed by atoms with Gasteiger partial charge in [0.05, 0.1) is 13.7 Å². The lowest BCUT2D eigenvalue weighted by Crippen LogP contribution is -2.12. The normalized spacial score (nSPS) is 10.9. The van der Waals surface area contributed by atoms with Crippen LogP contribution in [0.5, 0.6) is 11.5 Å². The van der Waals surface area contributed by atoms with Crippen LogP contribution in [0.2, 0.25) is 0 Å². The Labute approximate surface area is 144 Å². The highest BCUT2D eigenvalue weighted by Gasteiger charge is 2.12. The quantitative estimate of drug-likeness (QED) is 0.539. The number of fused-ring (bicyclic) bond motifs is 3. The third-order valence-electron chi connectivity index (χ3n) is 3.88. The van der Waals surface area contributed by atoms with E-state index in [-0.39, 0.29) is 0 Å². The molecule has 2 heterocycles. The van der Waals surface area contributed by atoms with E-state index in [9.17, 15) is 0 Å². The summed E-state index contributed by atoms with van der Waals surface area (Å²) in [5.74, 6) is 2.26. The van der Waals surface area contributed by atoms with Gasteiger partial charge in [-0.1, -0.05) is 12.1 Å². The number of anilines is 1. The van der Waals surface area contributed by atoms with Gasteiger partial charge in [0, 0.05) is 5.39 Å². The summed E-state index contributed by atoms with van der Waals surface area (Å²) in [6.45, 7) is 1.09. The molecule has 0 unspecified atom stereocenters. The molecule has 0 radical (unpaired) electrons. The van der Waals surface area contributed by atoms with Gasteiger partial charge >= 0.3 is 0 Å². The van der Waals surface area contributed by atoms with Crippen molar-refractivity contribution in [3.8, 4) is 11.5 Å². The molecule has 6 heteroatoms. The first-order valence-corrected chi connectivity index (χ1v) is 7.98. The zero-order valence-corrected chi connectivity index (χ0v) is 13.7. The molecule has 0 saturated heterocycles. The van der Waals surface area contributed by atoms with Gasteiger partial charge in [0.25, 0.3) is 0 Å². The molecule has 0 aliphatic carbocycles. The van der Waals surface area contributed by atoms with Crippen LogP contribution in [0.25, 0.3) is 22.1 Å². The van der Waals surface area contributed by atoms with Gasteiger partial charge in [-0.3, -0.25) is 0 Å². The monoisotopic (exact) mass is 335 g/mol. The van der Waals surface area contributed by atoms with Gasteiger partial charge < -0.3 is 19.2 Å². The summed E-state index contributed by atoms with van der Waals surface area (Å²) in [4.78, 5) is 8.62. The number of nitrogens with one attached hydrogen (secondary N) is 1. The molecule has 126 valence electrons. The highest BCUT2D eigenvalue weighted by atomic mass is 16.5. The number of benzene rings is 2. The number of nitrogens with zero attached hydrogens (tertiary/aromatic N) is 2. The molecule has 0 amide bonds. The van der Waals surface area contributed by atoms with Crippen molar-refractivity contribution in [2.75, 3.05) is 25.6 Å². The van der Waals surface area contributed by atoms with E-state index in [1.807, 2.05) is 48.5 Å². The van der Waals surface area contributed by atoms with Crippen molar-refractivity contribution in [2.24, 2.45) is 0 Å². The largest absolute Gasteiger partial charge is 0.497 e. The molecule has 0 bridgehead atoms. The number of rotatable bonds is 6. The number of hydrogen-bond acceptors (Lipinski definition) is 6. The molecule has 0 fully saturated rings. The second-order valence-electron chi connectivity index (χ2n) is 5.45. The topological polar surface area (TPSA) is 69.4 Å². The maximum absolute atomic E-state index is 5.88. The Hall–Kier alpha value is -3.28. The number of para-hydroxylation sites is 1. The molecule has 1 N–H and O–H groups in total. The Morgan fingerprint density at radius 1 is 1.00 bits per heavy atom. The fourth-order valence-corrected chi connectivity index (χ4v) is 2.66. The second-order valence-corrected chi connectivity index (χ2v) is 5.45. The van der Waals surface area contributed by atoms with Crippen molar-refractivity contribution >= 4 is 27.9 Å². The van der Waals surface area contributed by atoms with Crippen LogP contribution in [0.1, 0.15) is 0 Å². The van der Waals surface area contributed by atoms with E-state index in [1.54, 1.807) is 7.11 Å². The van der Waals surface area contributed by atoms with Crippen LogP contribution in [0, 0.1) is 0 Å². The van der Waals surface area contributed by atoms with E-state index in [2.05, 4.69) is 15.3 Å². The number of hydrogen-bond donors (Lipinski definition) is 1. The van der Waals surface area contributed by atoms with Crippen molar-refractivity contribution in [3.63, 3.8) is 0 Å². The minimum atomic E-state index is 0.498. The molecule has 0 atom stereocenters. The SMILES string of the molecule is COc1ccc(OCCNc2ncnc3c2oc2ccccc23)cc1. The van der Waals surface area contributed by atoms with Crippen LogP contribution in [-0.4, -0.2) is 30.2 Å². The first-order valence-electron chi connectivity index (χ1n) is 7.98.